The molecule has 194 valence electrons. The number of aliphatic hydroxyl groups is 1. The fourth-order valence-corrected chi connectivity index (χ4v) is 5.66. The van der Waals surface area contributed by atoms with Gasteiger partial charge in [-0.2, -0.15) is 0 Å². The van der Waals surface area contributed by atoms with E-state index < -0.39 is 23.5 Å². The van der Waals surface area contributed by atoms with Crippen LogP contribution in [0.1, 0.15) is 50.6 Å². The highest BCUT2D eigenvalue weighted by Gasteiger charge is 2.49. The van der Waals surface area contributed by atoms with E-state index in [0.29, 0.717) is 28.7 Å². The molecule has 3 heterocycles. The minimum absolute atomic E-state index is 0.0642. The van der Waals surface area contributed by atoms with Crippen molar-refractivity contribution in [3.8, 4) is 5.75 Å². The number of pyridine rings is 1. The molecular formula is C29H26ClN3O4S. The van der Waals surface area contributed by atoms with Crippen molar-refractivity contribution in [3.63, 3.8) is 0 Å². The van der Waals surface area contributed by atoms with Crippen LogP contribution in [0.3, 0.4) is 0 Å². The zero-order valence-corrected chi connectivity index (χ0v) is 22.9. The Bertz CT molecular complexity index is 1590. The largest absolute Gasteiger partial charge is 0.507 e. The number of anilines is 1. The Morgan fingerprint density at radius 2 is 1.92 bits per heavy atom. The summed E-state index contributed by atoms with van der Waals surface area (Å²) in [4.78, 5) is 37.4. The molecule has 1 saturated heterocycles. The molecule has 38 heavy (non-hydrogen) atoms. The fourth-order valence-electron chi connectivity index (χ4n) is 4.42. The van der Waals surface area contributed by atoms with E-state index in [4.69, 9.17) is 21.3 Å². The van der Waals surface area contributed by atoms with Gasteiger partial charge in [0.15, 0.2) is 5.13 Å². The van der Waals surface area contributed by atoms with E-state index in [1.165, 1.54) is 16.2 Å². The Labute approximate surface area is 229 Å². The van der Waals surface area contributed by atoms with Gasteiger partial charge in [0.05, 0.1) is 33.1 Å². The Hall–Kier alpha value is -3.75. The highest BCUT2D eigenvalue weighted by atomic mass is 35.5. The van der Waals surface area contributed by atoms with Crippen LogP contribution in [0.2, 0.25) is 5.02 Å². The minimum Gasteiger partial charge on any atom is -0.507 e. The first-order valence-corrected chi connectivity index (χ1v) is 13.3. The molecule has 1 aliphatic rings. The van der Waals surface area contributed by atoms with Crippen molar-refractivity contribution in [3.05, 3.63) is 88.2 Å². The topological polar surface area (TPSA) is 92.6 Å². The third kappa shape index (κ3) is 4.54. The molecular weight excluding hydrogens is 522 g/mol. The minimum atomic E-state index is -0.995. The van der Waals surface area contributed by atoms with E-state index in [9.17, 15) is 14.7 Å². The van der Waals surface area contributed by atoms with Crippen LogP contribution in [0.4, 0.5) is 5.13 Å². The van der Waals surface area contributed by atoms with E-state index in [1.807, 2.05) is 19.1 Å². The Morgan fingerprint density at radius 3 is 2.61 bits per heavy atom. The summed E-state index contributed by atoms with van der Waals surface area (Å²) in [7, 11) is 0. The number of ketones is 1. The van der Waals surface area contributed by atoms with Crippen LogP contribution >= 0.6 is 22.9 Å². The maximum absolute atomic E-state index is 13.5. The molecule has 1 N–H and O–H groups in total. The summed E-state index contributed by atoms with van der Waals surface area (Å²) in [6.07, 6.45) is 1.58. The lowest BCUT2D eigenvalue weighted by atomic mass is 9.87. The van der Waals surface area contributed by atoms with E-state index in [1.54, 1.807) is 42.6 Å². The SMILES string of the molecule is CCOc1ccc(Cl)c(/C(O)=C2\C(=O)C(=O)N(c3nc4ccc(C(C)(C)C)cc4s3)C2c2ccccn2)c1. The van der Waals surface area contributed by atoms with E-state index in [-0.39, 0.29) is 21.6 Å². The number of amides is 1. The van der Waals surface area contributed by atoms with Crippen LogP contribution in [0.5, 0.6) is 5.75 Å². The van der Waals surface area contributed by atoms with Gasteiger partial charge in [-0.3, -0.25) is 19.5 Å². The van der Waals surface area contributed by atoms with Gasteiger partial charge in [-0.1, -0.05) is 55.8 Å². The molecule has 2 aromatic heterocycles. The summed E-state index contributed by atoms with van der Waals surface area (Å²) in [5, 5.41) is 12.0. The summed E-state index contributed by atoms with van der Waals surface area (Å²) in [5.74, 6) is -1.56. The number of nitrogens with zero attached hydrogens (tertiary/aromatic N) is 3. The van der Waals surface area contributed by atoms with Crippen LogP contribution in [0.25, 0.3) is 16.0 Å². The molecule has 0 spiro atoms. The second kappa shape index (κ2) is 9.85. The Morgan fingerprint density at radius 1 is 1.13 bits per heavy atom. The molecule has 1 atom stereocenters. The number of Topliss-reactive ketones (excluding diaryl/α,β-unsaturated/α-hetero) is 1. The zero-order chi connectivity index (χ0) is 27.2. The van der Waals surface area contributed by atoms with Gasteiger partial charge in [0.25, 0.3) is 5.78 Å². The predicted octanol–water partition coefficient (Wildman–Crippen LogP) is 6.67. The van der Waals surface area contributed by atoms with Gasteiger partial charge in [0.2, 0.25) is 0 Å². The van der Waals surface area contributed by atoms with Crippen molar-refractivity contribution >= 4 is 55.7 Å². The molecule has 0 radical (unpaired) electrons. The third-order valence-corrected chi connectivity index (χ3v) is 7.71. The van der Waals surface area contributed by atoms with Crippen molar-refractivity contribution in [1.29, 1.82) is 0 Å². The van der Waals surface area contributed by atoms with Gasteiger partial charge in [0, 0.05) is 11.8 Å². The maximum Gasteiger partial charge on any atom is 0.301 e. The fraction of sp³-hybridized carbons (Fsp3) is 0.241. The summed E-state index contributed by atoms with van der Waals surface area (Å²) in [6, 6.07) is 15.0. The van der Waals surface area contributed by atoms with Gasteiger partial charge in [0.1, 0.15) is 17.6 Å². The molecule has 1 unspecified atom stereocenters. The lowest BCUT2D eigenvalue weighted by Crippen LogP contribution is -2.29. The van der Waals surface area contributed by atoms with Crippen molar-refractivity contribution < 1.29 is 19.4 Å². The molecule has 1 fully saturated rings. The standard InChI is InChI=1S/C29H26ClN3O4S/c1-5-37-17-10-11-19(30)18(15-17)25(34)23-24(21-8-6-7-13-31-21)33(27(36)26(23)35)28-32-20-12-9-16(29(2,3)4)14-22(20)38-28/h6-15,24,34H,5H2,1-4H3/b25-23+. The lowest BCUT2D eigenvalue weighted by Gasteiger charge is -2.22. The second-order valence-corrected chi connectivity index (χ2v) is 11.3. The normalized spacial score (nSPS) is 17.4. The summed E-state index contributed by atoms with van der Waals surface area (Å²) < 4.78 is 6.45. The molecule has 2 aromatic carbocycles. The van der Waals surface area contributed by atoms with Crippen molar-refractivity contribution in [2.24, 2.45) is 0 Å². The van der Waals surface area contributed by atoms with Gasteiger partial charge in [-0.15, -0.1) is 0 Å². The second-order valence-electron chi connectivity index (χ2n) is 9.93. The Kier molecular flexibility index (Phi) is 6.71. The first-order chi connectivity index (χ1) is 18.1. The molecule has 5 rings (SSSR count). The molecule has 1 amide bonds. The summed E-state index contributed by atoms with van der Waals surface area (Å²) >= 11 is 7.73. The van der Waals surface area contributed by atoms with Crippen LogP contribution in [0.15, 0.2) is 66.4 Å². The number of hydrogen-bond acceptors (Lipinski definition) is 7. The van der Waals surface area contributed by atoms with Crippen LogP contribution in [0, 0.1) is 0 Å². The first-order valence-electron chi connectivity index (χ1n) is 12.2. The van der Waals surface area contributed by atoms with E-state index in [2.05, 4.69) is 31.8 Å². The van der Waals surface area contributed by atoms with Crippen molar-refractivity contribution in [2.45, 2.75) is 39.2 Å². The number of carbonyl (C=O) groups excluding carboxylic acids is 2. The quantitative estimate of drug-likeness (QED) is 0.170. The van der Waals surface area contributed by atoms with Crippen LogP contribution in [-0.2, 0) is 15.0 Å². The average molecular weight is 548 g/mol. The number of fused-ring (bicyclic) bond motifs is 1. The van der Waals surface area contributed by atoms with Gasteiger partial charge >= 0.3 is 5.91 Å². The van der Waals surface area contributed by atoms with Crippen molar-refractivity contribution in [2.75, 3.05) is 11.5 Å². The third-order valence-electron chi connectivity index (χ3n) is 6.37. The van der Waals surface area contributed by atoms with E-state index in [0.717, 1.165) is 10.3 Å². The first kappa shape index (κ1) is 25.9. The predicted molar refractivity (Wildman–Crippen MR) is 150 cm³/mol. The Balaban J connectivity index is 1.70. The van der Waals surface area contributed by atoms with Gasteiger partial charge in [-0.25, -0.2) is 4.98 Å². The summed E-state index contributed by atoms with van der Waals surface area (Å²) in [5.41, 5.74) is 2.28. The number of ether oxygens (including phenoxy) is 1. The highest BCUT2D eigenvalue weighted by molar-refractivity contribution is 7.22. The molecule has 0 saturated carbocycles. The van der Waals surface area contributed by atoms with Gasteiger partial charge in [-0.05, 0) is 60.4 Å². The number of halogens is 1. The molecule has 0 bridgehead atoms. The number of hydrogen-bond donors (Lipinski definition) is 1. The number of rotatable bonds is 5. The number of carbonyl (C=O) groups is 2. The number of benzene rings is 2. The van der Waals surface area contributed by atoms with Crippen molar-refractivity contribution in [1.82, 2.24) is 9.97 Å². The summed E-state index contributed by atoms with van der Waals surface area (Å²) in [6.45, 7) is 8.63. The number of aliphatic hydroxyl groups excluding tert-OH is 1. The van der Waals surface area contributed by atoms with Gasteiger partial charge < -0.3 is 9.84 Å². The lowest BCUT2D eigenvalue weighted by molar-refractivity contribution is -0.132. The molecule has 1 aliphatic heterocycles. The smallest absolute Gasteiger partial charge is 0.301 e. The van der Waals surface area contributed by atoms with Crippen LogP contribution in [-0.4, -0.2) is 33.4 Å². The maximum atomic E-state index is 13.5. The highest BCUT2D eigenvalue weighted by Crippen LogP contribution is 2.45. The molecule has 9 heteroatoms. The average Bonchev–Trinajstić information content (AvgIpc) is 3.42. The van der Waals surface area contributed by atoms with E-state index >= 15 is 0 Å². The molecule has 7 nitrogen and oxygen atoms in total. The van der Waals surface area contributed by atoms with Crippen LogP contribution < -0.4 is 9.64 Å². The number of thiazole rings is 1. The molecule has 0 aliphatic carbocycles. The number of aromatic nitrogens is 2. The molecule has 4 aromatic rings. The zero-order valence-electron chi connectivity index (χ0n) is 21.4. The monoisotopic (exact) mass is 547 g/mol.